The van der Waals surface area contributed by atoms with Crippen LogP contribution in [0.1, 0.15) is 5.56 Å². The van der Waals surface area contributed by atoms with E-state index in [4.69, 9.17) is 9.05 Å². The minimum Gasteiger partial charge on any atom is -0.312 e. The lowest BCUT2D eigenvalue weighted by Gasteiger charge is -2.13. The van der Waals surface area contributed by atoms with Crippen molar-refractivity contribution in [3.05, 3.63) is 29.8 Å². The van der Waals surface area contributed by atoms with E-state index in [9.17, 15) is 13.0 Å². The van der Waals surface area contributed by atoms with Gasteiger partial charge in [0.2, 0.25) is 0 Å². The largest absolute Gasteiger partial charge is 0.334 e. The third-order valence-corrected chi connectivity index (χ3v) is 5.28. The molecular formula is C10H15O5PS. The van der Waals surface area contributed by atoms with Gasteiger partial charge in [-0.1, -0.05) is 12.1 Å². The lowest BCUT2D eigenvalue weighted by Crippen LogP contribution is -1.98. The van der Waals surface area contributed by atoms with Crippen molar-refractivity contribution in [2.24, 2.45) is 0 Å². The summed E-state index contributed by atoms with van der Waals surface area (Å²) in [6.07, 6.45) is 1.25. The normalized spacial score (nSPS) is 12.6. The second kappa shape index (κ2) is 5.31. The maximum Gasteiger partial charge on any atom is 0.334 e. The molecule has 0 fully saturated rings. The van der Waals surface area contributed by atoms with Crippen molar-refractivity contribution in [3.8, 4) is 0 Å². The first-order valence-corrected chi connectivity index (χ1v) is 8.42. The average Bonchev–Trinajstić information content (AvgIpc) is 2.28. The number of hydrogen-bond acceptors (Lipinski definition) is 5. The molecule has 0 aliphatic heterocycles. The molecule has 0 aliphatic rings. The van der Waals surface area contributed by atoms with Gasteiger partial charge in [-0.3, -0.25) is 4.57 Å². The predicted octanol–water partition coefficient (Wildman–Crippen LogP) is 2.08. The van der Waals surface area contributed by atoms with Gasteiger partial charge in [0, 0.05) is 20.5 Å². The molecule has 0 spiro atoms. The van der Waals surface area contributed by atoms with Gasteiger partial charge in [-0.15, -0.1) is 0 Å². The molecule has 0 aromatic heterocycles. The van der Waals surface area contributed by atoms with Gasteiger partial charge < -0.3 is 9.05 Å². The van der Waals surface area contributed by atoms with Crippen LogP contribution in [0.5, 0.6) is 0 Å². The van der Waals surface area contributed by atoms with E-state index in [2.05, 4.69) is 0 Å². The van der Waals surface area contributed by atoms with Gasteiger partial charge >= 0.3 is 7.60 Å². The SMILES string of the molecule is COP(=O)(Cc1ccc(S(C)(=O)=O)cc1)OC. The Bertz CT molecular complexity index is 512. The third kappa shape index (κ3) is 3.92. The van der Waals surface area contributed by atoms with Crippen LogP contribution in [0.2, 0.25) is 0 Å². The summed E-state index contributed by atoms with van der Waals surface area (Å²) in [5, 5.41) is 0. The van der Waals surface area contributed by atoms with Crippen molar-refractivity contribution in [2.45, 2.75) is 11.1 Å². The van der Waals surface area contributed by atoms with E-state index in [0.717, 1.165) is 6.26 Å². The second-order valence-electron chi connectivity index (χ2n) is 3.55. The summed E-state index contributed by atoms with van der Waals surface area (Å²) in [7, 11) is -3.68. The van der Waals surface area contributed by atoms with Crippen molar-refractivity contribution in [1.82, 2.24) is 0 Å². The molecule has 1 rings (SSSR count). The molecule has 0 saturated carbocycles. The monoisotopic (exact) mass is 278 g/mol. The summed E-state index contributed by atoms with van der Waals surface area (Å²) < 4.78 is 43.9. The Labute approximate surface area is 101 Å². The Balaban J connectivity index is 2.93. The first-order valence-electron chi connectivity index (χ1n) is 4.80. The highest BCUT2D eigenvalue weighted by Crippen LogP contribution is 2.49. The molecule has 96 valence electrons. The Morgan fingerprint density at radius 3 is 1.94 bits per heavy atom. The van der Waals surface area contributed by atoms with Gasteiger partial charge in [0.15, 0.2) is 9.84 Å². The first kappa shape index (κ1) is 14.4. The summed E-state index contributed by atoms with van der Waals surface area (Å²) in [5.74, 6) is 0. The molecule has 17 heavy (non-hydrogen) atoms. The van der Waals surface area contributed by atoms with Crippen LogP contribution in [0.15, 0.2) is 29.2 Å². The zero-order valence-corrected chi connectivity index (χ0v) is 11.6. The van der Waals surface area contributed by atoms with Gasteiger partial charge in [-0.25, -0.2) is 8.42 Å². The molecule has 0 unspecified atom stereocenters. The minimum absolute atomic E-state index is 0.115. The van der Waals surface area contributed by atoms with E-state index in [-0.39, 0.29) is 11.1 Å². The van der Waals surface area contributed by atoms with E-state index in [0.29, 0.717) is 5.56 Å². The molecule has 0 N–H and O–H groups in total. The fraction of sp³-hybridized carbons (Fsp3) is 0.400. The molecule has 0 bridgehead atoms. The van der Waals surface area contributed by atoms with Crippen LogP contribution in [-0.2, 0) is 29.6 Å². The molecule has 0 heterocycles. The van der Waals surface area contributed by atoms with Gasteiger partial charge in [0.05, 0.1) is 11.1 Å². The van der Waals surface area contributed by atoms with Gasteiger partial charge in [-0.2, -0.15) is 0 Å². The van der Waals surface area contributed by atoms with Crippen molar-refractivity contribution in [1.29, 1.82) is 0 Å². The van der Waals surface area contributed by atoms with E-state index in [1.54, 1.807) is 12.1 Å². The van der Waals surface area contributed by atoms with Gasteiger partial charge in [0.25, 0.3) is 0 Å². The highest BCUT2D eigenvalue weighted by Gasteiger charge is 2.21. The van der Waals surface area contributed by atoms with E-state index in [1.165, 1.54) is 26.4 Å². The molecule has 1 aromatic rings. The fourth-order valence-electron chi connectivity index (χ4n) is 1.27. The Kier molecular flexibility index (Phi) is 4.49. The number of hydrogen-bond donors (Lipinski definition) is 0. The minimum atomic E-state index is -3.21. The maximum atomic E-state index is 11.8. The number of rotatable bonds is 5. The predicted molar refractivity (Wildman–Crippen MR) is 64.9 cm³/mol. The van der Waals surface area contributed by atoms with E-state index >= 15 is 0 Å². The molecule has 1 aromatic carbocycles. The van der Waals surface area contributed by atoms with Crippen LogP contribution >= 0.6 is 7.60 Å². The molecule has 0 aliphatic carbocycles. The third-order valence-electron chi connectivity index (χ3n) is 2.28. The molecular weight excluding hydrogens is 263 g/mol. The van der Waals surface area contributed by atoms with Gasteiger partial charge in [-0.05, 0) is 17.7 Å². The summed E-state index contributed by atoms with van der Waals surface area (Å²) in [4.78, 5) is 0.228. The highest BCUT2D eigenvalue weighted by molar-refractivity contribution is 7.90. The Morgan fingerprint density at radius 2 is 1.59 bits per heavy atom. The number of sulfone groups is 1. The van der Waals surface area contributed by atoms with E-state index in [1.807, 2.05) is 0 Å². The van der Waals surface area contributed by atoms with Crippen molar-refractivity contribution < 1.29 is 22.0 Å². The van der Waals surface area contributed by atoms with Crippen LogP contribution < -0.4 is 0 Å². The van der Waals surface area contributed by atoms with Crippen molar-refractivity contribution in [3.63, 3.8) is 0 Å². The van der Waals surface area contributed by atoms with Crippen LogP contribution in [0.3, 0.4) is 0 Å². The number of benzene rings is 1. The summed E-state index contributed by atoms with van der Waals surface area (Å²) in [6.45, 7) is 0. The summed E-state index contributed by atoms with van der Waals surface area (Å²) in [6, 6.07) is 6.14. The Morgan fingerprint density at radius 1 is 1.12 bits per heavy atom. The van der Waals surface area contributed by atoms with Crippen LogP contribution in [-0.4, -0.2) is 28.9 Å². The first-order chi connectivity index (χ1) is 7.80. The average molecular weight is 278 g/mol. The second-order valence-corrected chi connectivity index (χ2v) is 7.83. The molecule has 0 amide bonds. The standard InChI is InChI=1S/C10H15O5PS/c1-14-16(11,15-2)8-9-4-6-10(7-5-9)17(3,12)13/h4-7H,8H2,1-3H3. The smallest absolute Gasteiger partial charge is 0.312 e. The van der Waals surface area contributed by atoms with Crippen LogP contribution in [0, 0.1) is 0 Å². The zero-order valence-electron chi connectivity index (χ0n) is 9.91. The fourth-order valence-corrected chi connectivity index (χ4v) is 2.97. The zero-order chi connectivity index (χ0) is 13.1. The van der Waals surface area contributed by atoms with Crippen LogP contribution in [0.4, 0.5) is 0 Å². The van der Waals surface area contributed by atoms with E-state index < -0.39 is 17.4 Å². The molecule has 0 radical (unpaired) electrons. The molecule has 7 heteroatoms. The topological polar surface area (TPSA) is 69.7 Å². The molecule has 0 saturated heterocycles. The Hall–Kier alpha value is -0.680. The molecule has 5 nitrogen and oxygen atoms in total. The van der Waals surface area contributed by atoms with Crippen molar-refractivity contribution >= 4 is 17.4 Å². The lowest BCUT2D eigenvalue weighted by molar-refractivity contribution is 0.275. The summed E-state index contributed by atoms with van der Waals surface area (Å²) >= 11 is 0. The van der Waals surface area contributed by atoms with Crippen LogP contribution in [0.25, 0.3) is 0 Å². The molecule has 0 atom stereocenters. The maximum absolute atomic E-state index is 11.8. The highest BCUT2D eigenvalue weighted by atomic mass is 32.2. The summed E-state index contributed by atoms with van der Waals surface area (Å²) in [5.41, 5.74) is 0.699. The van der Waals surface area contributed by atoms with Gasteiger partial charge in [0.1, 0.15) is 0 Å². The lowest BCUT2D eigenvalue weighted by atomic mass is 10.2. The van der Waals surface area contributed by atoms with Crippen molar-refractivity contribution in [2.75, 3.05) is 20.5 Å². The quantitative estimate of drug-likeness (QED) is 0.771.